The minimum atomic E-state index is -4.45. The quantitative estimate of drug-likeness (QED) is 0.152. The topological polar surface area (TPSA) is 258 Å². The van der Waals surface area contributed by atoms with Gasteiger partial charge in [-0.05, 0) is 0 Å². The summed E-state index contributed by atoms with van der Waals surface area (Å²) >= 11 is 0. The Bertz CT molecular complexity index is 1550. The van der Waals surface area contributed by atoms with Crippen LogP contribution < -0.4 is 17.0 Å². The number of fused-ring (bicyclic) bond motifs is 1. The van der Waals surface area contributed by atoms with Gasteiger partial charge in [-0.3, -0.25) is 32.5 Å². The third-order valence-corrected chi connectivity index (χ3v) is 8.15. The Labute approximate surface area is 230 Å². The Kier molecular flexibility index (Phi) is 8.35. The van der Waals surface area contributed by atoms with Gasteiger partial charge in [-0.25, -0.2) is 24.3 Å². The third kappa shape index (κ3) is 5.44. The number of phosphoric acid groups is 1. The number of hydrogen-bond donors (Lipinski definition) is 5. The summed E-state index contributed by atoms with van der Waals surface area (Å²) in [4.78, 5) is 37.8. The van der Waals surface area contributed by atoms with Gasteiger partial charge in [0.1, 0.15) is 48.5 Å². The van der Waals surface area contributed by atoms with Crippen LogP contribution in [0, 0.1) is 0 Å². The molecule has 5 rings (SSSR count). The highest BCUT2D eigenvalue weighted by Gasteiger charge is 2.51. The second-order valence-electron chi connectivity index (χ2n) is 9.09. The maximum absolute atomic E-state index is 13.5. The van der Waals surface area contributed by atoms with Crippen LogP contribution in [0.2, 0.25) is 0 Å². The number of imidazole rings is 1. The molecule has 3 aromatic heterocycles. The van der Waals surface area contributed by atoms with Crippen molar-refractivity contribution in [3.63, 3.8) is 0 Å². The lowest BCUT2D eigenvalue weighted by Gasteiger charge is -2.27. The van der Waals surface area contributed by atoms with Crippen molar-refractivity contribution in [1.29, 1.82) is 0 Å². The highest BCUT2D eigenvalue weighted by atomic mass is 31.2. The lowest BCUT2D eigenvalue weighted by Crippen LogP contribution is -2.38. The van der Waals surface area contributed by atoms with Gasteiger partial charge < -0.3 is 35.3 Å². The third-order valence-electron chi connectivity index (χ3n) is 6.73. The molecular weight excluding hydrogens is 573 g/mol. The number of methoxy groups -OCH3 is 1. The van der Waals surface area contributed by atoms with Crippen LogP contribution in [0.4, 0.5) is 5.82 Å². The summed E-state index contributed by atoms with van der Waals surface area (Å²) in [5.41, 5.74) is 4.95. The average molecular weight is 601 g/mol. The maximum atomic E-state index is 13.5. The van der Waals surface area contributed by atoms with Crippen molar-refractivity contribution in [2.24, 2.45) is 0 Å². The Morgan fingerprint density at radius 3 is 2.51 bits per heavy atom. The zero-order chi connectivity index (χ0) is 29.5. The van der Waals surface area contributed by atoms with Crippen LogP contribution in [0.1, 0.15) is 12.5 Å². The number of H-pyrrole nitrogens is 1. The van der Waals surface area contributed by atoms with Gasteiger partial charge in [0.2, 0.25) is 0 Å². The molecule has 2 saturated heterocycles. The molecule has 0 aromatic carbocycles. The van der Waals surface area contributed by atoms with Gasteiger partial charge in [0, 0.05) is 26.5 Å². The van der Waals surface area contributed by atoms with Gasteiger partial charge >= 0.3 is 13.5 Å². The highest BCUT2D eigenvalue weighted by Crippen LogP contribution is 2.53. The lowest BCUT2D eigenvalue weighted by atomic mass is 10.1. The Morgan fingerprint density at radius 1 is 1.07 bits per heavy atom. The maximum Gasteiger partial charge on any atom is 0.475 e. The van der Waals surface area contributed by atoms with E-state index in [2.05, 4.69) is 15.0 Å². The fraction of sp³-hybridized carbons (Fsp3) is 0.571. The number of nitrogens with two attached hydrogens (primary N) is 1. The predicted molar refractivity (Wildman–Crippen MR) is 134 cm³/mol. The molecule has 224 valence electrons. The molecule has 2 aliphatic rings. The molecule has 0 aliphatic carbocycles. The molecule has 0 radical (unpaired) electrons. The predicted octanol–water partition coefficient (Wildman–Crippen LogP) is -2.36. The molecule has 41 heavy (non-hydrogen) atoms. The number of aliphatic hydroxyl groups is 3. The van der Waals surface area contributed by atoms with Gasteiger partial charge in [-0.1, -0.05) is 0 Å². The number of hydrogen-bond acceptors (Lipinski definition) is 16. The standard InChI is InChI=1S/C21H28N7O12P/c1-35-16-15(9(5-29)38-20(16)28-8-25-12-17(22)23-7-24-18(12)28)40-41(34,36-2)37-6-10-13(31)14(32)19(39-10)27-4-3-11(30)26-21(27)33/h3-4,7-10,13-16,19-20,29,31-32H,5-6H2,1-2H3,(H2,22,23,24)(H,26,30,33)/t9-,10-,13-,14-,15-,16-,19-,20-,41?/m1/s1. The molecule has 0 bridgehead atoms. The number of phosphoric ester groups is 1. The van der Waals surface area contributed by atoms with Crippen molar-refractivity contribution in [1.82, 2.24) is 29.1 Å². The van der Waals surface area contributed by atoms with E-state index in [0.717, 1.165) is 23.9 Å². The van der Waals surface area contributed by atoms with Gasteiger partial charge in [-0.2, -0.15) is 0 Å². The first kappa shape index (κ1) is 29.4. The molecule has 20 heteroatoms. The van der Waals surface area contributed by atoms with Crippen LogP contribution in [0.15, 0.2) is 34.5 Å². The molecule has 3 aromatic rings. The molecule has 2 aliphatic heterocycles. The Morgan fingerprint density at radius 2 is 1.83 bits per heavy atom. The molecular formula is C21H28N7O12P. The molecule has 6 N–H and O–H groups in total. The first-order valence-corrected chi connectivity index (χ1v) is 13.6. The van der Waals surface area contributed by atoms with Gasteiger partial charge in [0.15, 0.2) is 23.9 Å². The first-order valence-electron chi connectivity index (χ1n) is 12.1. The summed E-state index contributed by atoms with van der Waals surface area (Å²) in [6, 6.07) is 1.04. The van der Waals surface area contributed by atoms with Crippen LogP contribution >= 0.6 is 7.82 Å². The van der Waals surface area contributed by atoms with Gasteiger partial charge in [0.25, 0.3) is 5.56 Å². The van der Waals surface area contributed by atoms with Crippen molar-refractivity contribution in [3.8, 4) is 0 Å². The minimum absolute atomic E-state index is 0.138. The van der Waals surface area contributed by atoms with E-state index in [4.69, 9.17) is 33.5 Å². The van der Waals surface area contributed by atoms with Crippen molar-refractivity contribution in [2.45, 2.75) is 49.1 Å². The van der Waals surface area contributed by atoms with E-state index in [1.807, 2.05) is 4.98 Å². The van der Waals surface area contributed by atoms with E-state index in [-0.39, 0.29) is 5.82 Å². The summed E-state index contributed by atoms with van der Waals surface area (Å²) in [6.45, 7) is -1.18. The zero-order valence-electron chi connectivity index (χ0n) is 21.6. The first-order chi connectivity index (χ1) is 19.6. The van der Waals surface area contributed by atoms with Crippen LogP contribution in [-0.2, 0) is 32.3 Å². The molecule has 1 unspecified atom stereocenters. The van der Waals surface area contributed by atoms with Crippen LogP contribution in [0.25, 0.3) is 11.2 Å². The van der Waals surface area contributed by atoms with Crippen molar-refractivity contribution < 1.29 is 47.7 Å². The smallest absolute Gasteiger partial charge is 0.394 e. The summed E-state index contributed by atoms with van der Waals surface area (Å²) < 4.78 is 49.1. The van der Waals surface area contributed by atoms with E-state index in [1.165, 1.54) is 24.3 Å². The monoisotopic (exact) mass is 601 g/mol. The van der Waals surface area contributed by atoms with Crippen molar-refractivity contribution in [2.75, 3.05) is 33.2 Å². The normalized spacial score (nSPS) is 31.5. The molecule has 2 fully saturated rings. The Hall–Kier alpha value is -3.10. The zero-order valence-corrected chi connectivity index (χ0v) is 22.5. The fourth-order valence-corrected chi connectivity index (χ4v) is 5.81. The SMILES string of the molecule is CO[C@@H]1[C@H](OP(=O)(OC)OC[C@H]2O[C@@H](n3ccc(=O)[nH]c3=O)[C@H](O)[C@@H]2O)[C@@H](CO)O[C@H]1n1cnc2c(N)ncnc21. The van der Waals surface area contributed by atoms with E-state index in [0.29, 0.717) is 11.2 Å². The number of aromatic nitrogens is 6. The molecule has 5 heterocycles. The molecule has 0 amide bonds. The number of nitrogens with one attached hydrogen (secondary N) is 1. The summed E-state index contributed by atoms with van der Waals surface area (Å²) in [6.07, 6.45) is -6.34. The number of anilines is 1. The Balaban J connectivity index is 1.32. The number of ether oxygens (including phenoxy) is 3. The summed E-state index contributed by atoms with van der Waals surface area (Å²) in [7, 11) is -2.05. The van der Waals surface area contributed by atoms with E-state index in [1.54, 1.807) is 0 Å². The number of aliphatic hydroxyl groups excluding tert-OH is 3. The summed E-state index contributed by atoms with van der Waals surface area (Å²) in [5.74, 6) is 0.138. The van der Waals surface area contributed by atoms with Gasteiger partial charge in [0.05, 0.1) is 19.5 Å². The number of rotatable bonds is 10. The molecule has 0 spiro atoms. The molecule has 9 atom stereocenters. The van der Waals surface area contributed by atoms with E-state index < -0.39 is 81.4 Å². The average Bonchev–Trinajstić information content (AvgIpc) is 3.62. The van der Waals surface area contributed by atoms with Crippen LogP contribution in [0.3, 0.4) is 0 Å². The molecule has 19 nitrogen and oxygen atoms in total. The van der Waals surface area contributed by atoms with Crippen molar-refractivity contribution >= 4 is 24.8 Å². The van der Waals surface area contributed by atoms with Gasteiger partial charge in [-0.15, -0.1) is 0 Å². The summed E-state index contributed by atoms with van der Waals surface area (Å²) in [5, 5.41) is 30.9. The van der Waals surface area contributed by atoms with Crippen molar-refractivity contribution in [3.05, 3.63) is 45.8 Å². The number of nitrogens with zero attached hydrogens (tertiary/aromatic N) is 5. The fourth-order valence-electron chi connectivity index (χ4n) is 4.68. The van der Waals surface area contributed by atoms with E-state index >= 15 is 0 Å². The second kappa shape index (κ2) is 11.6. The number of nitrogen functional groups attached to an aromatic ring is 1. The lowest BCUT2D eigenvalue weighted by molar-refractivity contribution is -0.0624. The second-order valence-corrected chi connectivity index (χ2v) is 10.8. The molecule has 0 saturated carbocycles. The van der Waals surface area contributed by atoms with Crippen LogP contribution in [0.5, 0.6) is 0 Å². The van der Waals surface area contributed by atoms with E-state index in [9.17, 15) is 29.5 Å². The van der Waals surface area contributed by atoms with Crippen LogP contribution in [-0.4, -0.2) is 108 Å². The highest BCUT2D eigenvalue weighted by molar-refractivity contribution is 7.48. The number of aromatic amines is 1. The largest absolute Gasteiger partial charge is 0.475 e. The minimum Gasteiger partial charge on any atom is -0.394 e.